The monoisotopic (exact) mass is 421 g/mol. The molecule has 7 heteroatoms. The predicted octanol–water partition coefficient (Wildman–Crippen LogP) is 4.50. The maximum Gasteiger partial charge on any atom is 0.180 e. The largest absolute Gasteiger partial charge is 0.385 e. The smallest absolute Gasteiger partial charge is 0.180 e. The summed E-state index contributed by atoms with van der Waals surface area (Å²) in [7, 11) is -3.31. The molecule has 154 valence electrons. The van der Waals surface area contributed by atoms with E-state index in [0.717, 1.165) is 28.2 Å². The number of aromatic nitrogens is 2. The van der Waals surface area contributed by atoms with E-state index < -0.39 is 15.1 Å². The third-order valence-corrected chi connectivity index (χ3v) is 7.34. The minimum absolute atomic E-state index is 0.298. The highest BCUT2D eigenvalue weighted by Gasteiger charge is 2.27. The van der Waals surface area contributed by atoms with Crippen molar-refractivity contribution >= 4 is 15.5 Å². The molecule has 0 bridgehead atoms. The Balaban J connectivity index is 1.59. The van der Waals surface area contributed by atoms with Crippen molar-refractivity contribution < 1.29 is 13.3 Å². The first kappa shape index (κ1) is 20.2. The Morgan fingerprint density at radius 1 is 1.00 bits per heavy atom. The number of rotatable bonds is 5. The summed E-state index contributed by atoms with van der Waals surface area (Å²) < 4.78 is 24.7. The highest BCUT2D eigenvalue weighted by atomic mass is 32.2. The molecular weight excluding hydrogens is 398 g/mol. The fourth-order valence-electron chi connectivity index (χ4n) is 3.32. The van der Waals surface area contributed by atoms with Gasteiger partial charge in [0.05, 0.1) is 33.4 Å². The molecule has 1 aliphatic rings. The molecule has 1 aromatic heterocycles. The van der Waals surface area contributed by atoms with Gasteiger partial charge in [0.15, 0.2) is 15.9 Å². The summed E-state index contributed by atoms with van der Waals surface area (Å²) in [6.45, 7) is 5.25. The summed E-state index contributed by atoms with van der Waals surface area (Å²) in [4.78, 5) is 15.2. The van der Waals surface area contributed by atoms with E-state index in [-0.39, 0.29) is 6.10 Å². The average molecular weight is 422 g/mol. The minimum Gasteiger partial charge on any atom is -0.385 e. The van der Waals surface area contributed by atoms with Crippen LogP contribution in [0.2, 0.25) is 0 Å². The van der Waals surface area contributed by atoms with Crippen molar-refractivity contribution in [2.24, 2.45) is 5.16 Å². The molecule has 0 saturated carbocycles. The lowest BCUT2D eigenvalue weighted by molar-refractivity contribution is 0.0818. The summed E-state index contributed by atoms with van der Waals surface area (Å²) in [5.74, 6) is 0. The molecule has 0 aliphatic carbocycles. The maximum absolute atomic E-state index is 12.3. The molecule has 0 amide bonds. The van der Waals surface area contributed by atoms with E-state index in [1.54, 1.807) is 44.3 Å². The Kier molecular flexibility index (Phi) is 5.39. The van der Waals surface area contributed by atoms with Crippen molar-refractivity contribution in [3.63, 3.8) is 0 Å². The second kappa shape index (κ2) is 7.99. The molecule has 1 atom stereocenters. The van der Waals surface area contributed by atoms with Gasteiger partial charge in [0.25, 0.3) is 0 Å². The predicted molar refractivity (Wildman–Crippen MR) is 116 cm³/mol. The molecule has 4 rings (SSSR count). The summed E-state index contributed by atoms with van der Waals surface area (Å²) >= 11 is 0. The van der Waals surface area contributed by atoms with E-state index >= 15 is 0 Å². The molecule has 0 saturated heterocycles. The minimum atomic E-state index is -3.31. The summed E-state index contributed by atoms with van der Waals surface area (Å²) in [6, 6.07) is 16.7. The van der Waals surface area contributed by atoms with Gasteiger partial charge < -0.3 is 4.84 Å². The van der Waals surface area contributed by atoms with E-state index in [1.807, 2.05) is 37.3 Å². The highest BCUT2D eigenvalue weighted by Crippen LogP contribution is 2.31. The van der Waals surface area contributed by atoms with Crippen LogP contribution in [0.4, 0.5) is 0 Å². The Morgan fingerprint density at radius 2 is 1.70 bits per heavy atom. The molecule has 2 aromatic carbocycles. The molecule has 6 nitrogen and oxygen atoms in total. The normalized spacial score (nSPS) is 16.4. The van der Waals surface area contributed by atoms with Crippen molar-refractivity contribution in [3.8, 4) is 11.3 Å². The Hall–Kier alpha value is -3.06. The molecular formula is C23H23N3O3S. The fraction of sp³-hybridized carbons (Fsp3) is 0.261. The van der Waals surface area contributed by atoms with Gasteiger partial charge >= 0.3 is 0 Å². The van der Waals surface area contributed by atoms with Gasteiger partial charge in [0.1, 0.15) is 5.69 Å². The number of aryl methyl sites for hydroxylation is 1. The zero-order chi connectivity index (χ0) is 21.3. The van der Waals surface area contributed by atoms with Crippen molar-refractivity contribution in [1.82, 2.24) is 9.97 Å². The van der Waals surface area contributed by atoms with E-state index in [0.29, 0.717) is 17.0 Å². The zero-order valence-electron chi connectivity index (χ0n) is 17.1. The summed E-state index contributed by atoms with van der Waals surface area (Å²) in [5, 5.41) is 3.78. The number of oxime groups is 1. The fourth-order valence-corrected chi connectivity index (χ4v) is 4.38. The van der Waals surface area contributed by atoms with Gasteiger partial charge in [0.2, 0.25) is 0 Å². The van der Waals surface area contributed by atoms with Crippen molar-refractivity contribution in [3.05, 3.63) is 77.7 Å². The number of nitrogens with zero attached hydrogens (tertiary/aromatic N) is 3. The van der Waals surface area contributed by atoms with Crippen LogP contribution in [0.5, 0.6) is 0 Å². The SMILES string of the molecule is Cc1ncc(-c2ccc(S(=O)(=O)C(C)C)cc2)nc1C1CC(c2ccccc2)=NO1. The number of hydrogen-bond acceptors (Lipinski definition) is 6. The van der Waals surface area contributed by atoms with Crippen molar-refractivity contribution in [1.29, 1.82) is 0 Å². The second-order valence-corrected chi connectivity index (χ2v) is 10.1. The van der Waals surface area contributed by atoms with Crippen LogP contribution >= 0.6 is 0 Å². The van der Waals surface area contributed by atoms with Crippen LogP contribution in [-0.4, -0.2) is 29.3 Å². The Labute approximate surface area is 176 Å². The lowest BCUT2D eigenvalue weighted by Crippen LogP contribution is -2.13. The molecule has 3 aromatic rings. The molecule has 0 fully saturated rings. The first-order chi connectivity index (χ1) is 14.4. The third-order valence-electron chi connectivity index (χ3n) is 5.17. The van der Waals surface area contributed by atoms with Crippen molar-refractivity contribution in [2.75, 3.05) is 0 Å². The van der Waals surface area contributed by atoms with Crippen LogP contribution in [0.25, 0.3) is 11.3 Å². The molecule has 2 heterocycles. The van der Waals surface area contributed by atoms with Crippen molar-refractivity contribution in [2.45, 2.75) is 43.4 Å². The molecule has 30 heavy (non-hydrogen) atoms. The second-order valence-electron chi connectivity index (χ2n) is 7.55. The van der Waals surface area contributed by atoms with Crippen LogP contribution in [0.1, 0.15) is 43.3 Å². The first-order valence-corrected chi connectivity index (χ1v) is 11.4. The lowest BCUT2D eigenvalue weighted by atomic mass is 10.0. The van der Waals surface area contributed by atoms with Crippen LogP contribution < -0.4 is 0 Å². The number of benzene rings is 2. The van der Waals surface area contributed by atoms with Gasteiger partial charge in [-0.2, -0.15) is 0 Å². The lowest BCUT2D eigenvalue weighted by Gasteiger charge is -2.12. The van der Waals surface area contributed by atoms with E-state index in [1.165, 1.54) is 0 Å². The van der Waals surface area contributed by atoms with Gasteiger partial charge in [-0.15, -0.1) is 0 Å². The van der Waals surface area contributed by atoms with E-state index in [9.17, 15) is 8.42 Å². The summed E-state index contributed by atoms with van der Waals surface area (Å²) in [6.07, 6.45) is 2.01. The molecule has 1 unspecified atom stereocenters. The number of hydrogen-bond donors (Lipinski definition) is 0. The quantitative estimate of drug-likeness (QED) is 0.606. The van der Waals surface area contributed by atoms with Gasteiger partial charge in [-0.3, -0.25) is 4.98 Å². The topological polar surface area (TPSA) is 81.5 Å². The molecule has 0 spiro atoms. The average Bonchev–Trinajstić information content (AvgIpc) is 3.25. The van der Waals surface area contributed by atoms with Gasteiger partial charge in [0, 0.05) is 12.0 Å². The van der Waals surface area contributed by atoms with Gasteiger partial charge in [-0.25, -0.2) is 13.4 Å². The molecule has 0 radical (unpaired) electrons. The Bertz CT molecular complexity index is 1190. The zero-order valence-corrected chi connectivity index (χ0v) is 17.9. The number of sulfone groups is 1. The summed E-state index contributed by atoms with van der Waals surface area (Å²) in [5.41, 5.74) is 4.90. The standard InChI is InChI=1S/C23H23N3O3S/c1-15(2)30(27,28)19-11-9-18(10-12-19)21-14-24-16(3)23(25-21)22-13-20(26-29-22)17-7-5-4-6-8-17/h4-12,14-15,22H,13H2,1-3H3. The highest BCUT2D eigenvalue weighted by molar-refractivity contribution is 7.92. The first-order valence-electron chi connectivity index (χ1n) is 9.82. The van der Waals surface area contributed by atoms with Gasteiger partial charge in [-0.1, -0.05) is 47.6 Å². The van der Waals surface area contributed by atoms with Crippen LogP contribution in [-0.2, 0) is 14.7 Å². The van der Waals surface area contributed by atoms with E-state index in [4.69, 9.17) is 9.82 Å². The third kappa shape index (κ3) is 3.85. The van der Waals surface area contributed by atoms with Crippen LogP contribution in [0.3, 0.4) is 0 Å². The van der Waals surface area contributed by atoms with Crippen LogP contribution in [0.15, 0.2) is 70.8 Å². The van der Waals surface area contributed by atoms with Gasteiger partial charge in [-0.05, 0) is 38.5 Å². The molecule has 1 aliphatic heterocycles. The van der Waals surface area contributed by atoms with E-state index in [2.05, 4.69) is 10.1 Å². The van der Waals surface area contributed by atoms with Crippen LogP contribution in [0, 0.1) is 6.92 Å². The maximum atomic E-state index is 12.3. The molecule has 0 N–H and O–H groups in total. The Morgan fingerprint density at radius 3 is 2.37 bits per heavy atom.